The second kappa shape index (κ2) is 6.21. The van der Waals surface area contributed by atoms with E-state index in [0.717, 1.165) is 38.3 Å². The molecule has 1 fully saturated rings. The summed E-state index contributed by atoms with van der Waals surface area (Å²) in [6.07, 6.45) is 2.11. The number of rotatable bonds is 4. The Labute approximate surface area is 121 Å². The van der Waals surface area contributed by atoms with Crippen molar-refractivity contribution >= 4 is 31.6 Å². The van der Waals surface area contributed by atoms with E-state index in [2.05, 4.69) is 21.2 Å². The Hall–Kier alpha value is -0.630. The third-order valence-corrected chi connectivity index (χ3v) is 4.76. The molecule has 0 radical (unpaired) electrons. The van der Waals surface area contributed by atoms with Crippen LogP contribution in [0.3, 0.4) is 0 Å². The summed E-state index contributed by atoms with van der Waals surface area (Å²) in [7, 11) is -3.65. The molecule has 0 amide bonds. The van der Waals surface area contributed by atoms with E-state index in [1.165, 1.54) is 12.1 Å². The molecule has 1 aliphatic rings. The second-order valence-corrected chi connectivity index (χ2v) is 7.04. The van der Waals surface area contributed by atoms with E-state index in [9.17, 15) is 8.42 Å². The van der Waals surface area contributed by atoms with Crippen LogP contribution in [0.5, 0.6) is 0 Å². The predicted molar refractivity (Wildman–Crippen MR) is 77.5 cm³/mol. The molecule has 0 aliphatic carbocycles. The van der Waals surface area contributed by atoms with Crippen LogP contribution >= 0.6 is 15.9 Å². The zero-order valence-corrected chi connectivity index (χ0v) is 12.8. The largest absolute Gasteiger partial charge is 0.384 e. The summed E-state index contributed by atoms with van der Waals surface area (Å²) in [5, 5.41) is 8.41. The topological polar surface area (TPSA) is 81.4 Å². The smallest absolute Gasteiger partial charge is 0.238 e. The van der Waals surface area contributed by atoms with Crippen molar-refractivity contribution in [2.45, 2.75) is 17.7 Å². The van der Waals surface area contributed by atoms with Crippen molar-refractivity contribution in [1.82, 2.24) is 0 Å². The lowest BCUT2D eigenvalue weighted by molar-refractivity contribution is 0.0699. The Morgan fingerprint density at radius 2 is 2.05 bits per heavy atom. The van der Waals surface area contributed by atoms with Crippen LogP contribution in [0.15, 0.2) is 27.6 Å². The average molecular weight is 349 g/mol. The number of ether oxygens (including phenoxy) is 1. The molecule has 19 heavy (non-hydrogen) atoms. The van der Waals surface area contributed by atoms with Crippen LogP contribution in [0.1, 0.15) is 12.8 Å². The third-order valence-electron chi connectivity index (χ3n) is 3.19. The minimum atomic E-state index is -3.65. The Morgan fingerprint density at radius 1 is 1.37 bits per heavy atom. The fourth-order valence-corrected chi connectivity index (χ4v) is 3.23. The molecule has 1 aromatic rings. The van der Waals surface area contributed by atoms with Crippen LogP contribution < -0.4 is 10.5 Å². The first-order valence-electron chi connectivity index (χ1n) is 6.11. The molecule has 0 unspecified atom stereocenters. The highest BCUT2D eigenvalue weighted by Crippen LogP contribution is 2.26. The van der Waals surface area contributed by atoms with Gasteiger partial charge in [0.1, 0.15) is 0 Å². The van der Waals surface area contributed by atoms with Gasteiger partial charge in [-0.1, -0.05) is 0 Å². The Kier molecular flexibility index (Phi) is 4.83. The third kappa shape index (κ3) is 4.17. The van der Waals surface area contributed by atoms with Crippen LogP contribution in [0, 0.1) is 5.92 Å². The fourth-order valence-electron chi connectivity index (χ4n) is 2.02. The first kappa shape index (κ1) is 14.8. The zero-order chi connectivity index (χ0) is 13.9. The van der Waals surface area contributed by atoms with Crippen LogP contribution in [-0.2, 0) is 14.8 Å². The minimum absolute atomic E-state index is 0.107. The molecule has 0 spiro atoms. The van der Waals surface area contributed by atoms with E-state index in [0.29, 0.717) is 10.4 Å². The molecule has 5 nitrogen and oxygen atoms in total. The molecule has 3 N–H and O–H groups in total. The van der Waals surface area contributed by atoms with E-state index >= 15 is 0 Å². The molecule has 1 heterocycles. The molecule has 7 heteroatoms. The summed E-state index contributed by atoms with van der Waals surface area (Å²) in [6, 6.07) is 4.75. The summed E-state index contributed by atoms with van der Waals surface area (Å²) in [6.45, 7) is 2.49. The van der Waals surface area contributed by atoms with Crippen molar-refractivity contribution < 1.29 is 13.2 Å². The number of hydrogen-bond acceptors (Lipinski definition) is 4. The molecule has 0 saturated carbocycles. The van der Waals surface area contributed by atoms with Crippen molar-refractivity contribution in [2.24, 2.45) is 11.1 Å². The number of halogens is 1. The quantitative estimate of drug-likeness (QED) is 0.870. The number of primary sulfonamides is 1. The number of nitrogens with two attached hydrogens (primary N) is 1. The summed E-state index contributed by atoms with van der Waals surface area (Å²) in [5.41, 5.74) is 0.874. The van der Waals surface area contributed by atoms with E-state index in [1.54, 1.807) is 6.07 Å². The van der Waals surface area contributed by atoms with Gasteiger partial charge in [-0.2, -0.15) is 0 Å². The first-order chi connectivity index (χ1) is 8.97. The van der Waals surface area contributed by atoms with Crippen molar-refractivity contribution in [3.8, 4) is 0 Å². The first-order valence-corrected chi connectivity index (χ1v) is 8.45. The second-order valence-electron chi connectivity index (χ2n) is 4.62. The standard InChI is InChI=1S/C12H17BrN2O3S/c13-11-7-10(19(14,16)17)1-2-12(11)15-8-9-3-5-18-6-4-9/h1-2,7,9,15H,3-6,8H2,(H2,14,16,17). The molecule has 1 aliphatic heterocycles. The highest BCUT2D eigenvalue weighted by molar-refractivity contribution is 9.10. The van der Waals surface area contributed by atoms with Crippen molar-refractivity contribution in [3.63, 3.8) is 0 Å². The monoisotopic (exact) mass is 348 g/mol. The molecule has 0 bridgehead atoms. The summed E-state index contributed by atoms with van der Waals surface area (Å²) < 4.78 is 28.5. The van der Waals surface area contributed by atoms with Gasteiger partial charge in [0.25, 0.3) is 0 Å². The molecule has 1 aromatic carbocycles. The van der Waals surface area contributed by atoms with E-state index < -0.39 is 10.0 Å². The molecular formula is C12H17BrN2O3S. The van der Waals surface area contributed by atoms with E-state index in [4.69, 9.17) is 9.88 Å². The zero-order valence-electron chi connectivity index (χ0n) is 10.4. The van der Waals surface area contributed by atoms with Gasteiger partial charge in [0.15, 0.2) is 0 Å². The lowest BCUT2D eigenvalue weighted by Crippen LogP contribution is -2.22. The molecule has 1 saturated heterocycles. The molecule has 0 aromatic heterocycles. The number of benzene rings is 1. The number of sulfonamides is 1. The maximum atomic E-state index is 11.2. The van der Waals surface area contributed by atoms with Gasteiger partial charge in [-0.25, -0.2) is 13.6 Å². The predicted octanol–water partition coefficient (Wildman–Crippen LogP) is 1.94. The van der Waals surface area contributed by atoms with Crippen molar-refractivity contribution in [3.05, 3.63) is 22.7 Å². The number of hydrogen-bond donors (Lipinski definition) is 2. The lowest BCUT2D eigenvalue weighted by atomic mass is 10.0. The maximum Gasteiger partial charge on any atom is 0.238 e. The summed E-state index contributed by atoms with van der Waals surface area (Å²) in [4.78, 5) is 0.107. The average Bonchev–Trinajstić information content (AvgIpc) is 2.37. The van der Waals surface area contributed by atoms with Gasteiger partial charge in [0, 0.05) is 29.9 Å². The number of nitrogens with one attached hydrogen (secondary N) is 1. The Morgan fingerprint density at radius 3 is 2.63 bits per heavy atom. The molecular weight excluding hydrogens is 332 g/mol. The molecule has 0 atom stereocenters. The van der Waals surface area contributed by atoms with Gasteiger partial charge in [0.2, 0.25) is 10.0 Å². The van der Waals surface area contributed by atoms with Crippen molar-refractivity contribution in [2.75, 3.05) is 25.1 Å². The van der Waals surface area contributed by atoms with Crippen LogP contribution in [-0.4, -0.2) is 28.2 Å². The van der Waals surface area contributed by atoms with Crippen LogP contribution in [0.4, 0.5) is 5.69 Å². The van der Waals surface area contributed by atoms with Gasteiger partial charge >= 0.3 is 0 Å². The Balaban J connectivity index is 2.01. The normalized spacial score (nSPS) is 17.4. The van der Waals surface area contributed by atoms with E-state index in [1.807, 2.05) is 0 Å². The fraction of sp³-hybridized carbons (Fsp3) is 0.500. The van der Waals surface area contributed by atoms with Gasteiger partial charge in [-0.15, -0.1) is 0 Å². The van der Waals surface area contributed by atoms with Gasteiger partial charge in [-0.3, -0.25) is 0 Å². The maximum absolute atomic E-state index is 11.2. The summed E-state index contributed by atoms with van der Waals surface area (Å²) >= 11 is 3.36. The molecule has 106 valence electrons. The SMILES string of the molecule is NS(=O)(=O)c1ccc(NCC2CCOCC2)c(Br)c1. The minimum Gasteiger partial charge on any atom is -0.384 e. The van der Waals surface area contributed by atoms with Gasteiger partial charge < -0.3 is 10.1 Å². The highest BCUT2D eigenvalue weighted by atomic mass is 79.9. The van der Waals surface area contributed by atoms with Crippen molar-refractivity contribution in [1.29, 1.82) is 0 Å². The van der Waals surface area contributed by atoms with Crippen LogP contribution in [0.2, 0.25) is 0 Å². The van der Waals surface area contributed by atoms with E-state index in [-0.39, 0.29) is 4.90 Å². The lowest BCUT2D eigenvalue weighted by Gasteiger charge is -2.23. The Bertz CT molecular complexity index is 542. The highest BCUT2D eigenvalue weighted by Gasteiger charge is 2.15. The number of anilines is 1. The summed E-state index contributed by atoms with van der Waals surface area (Å²) in [5.74, 6) is 0.596. The van der Waals surface area contributed by atoms with Crippen LogP contribution in [0.25, 0.3) is 0 Å². The van der Waals surface area contributed by atoms with Gasteiger partial charge in [-0.05, 0) is 52.9 Å². The van der Waals surface area contributed by atoms with Gasteiger partial charge in [0.05, 0.1) is 4.90 Å². The molecule has 2 rings (SSSR count).